The minimum atomic E-state index is -0.705. The van der Waals surface area contributed by atoms with E-state index in [-0.39, 0.29) is 11.3 Å². The molecule has 4 rings (SSSR count). The number of nitrogens with zero attached hydrogens (tertiary/aromatic N) is 3. The zero-order valence-corrected chi connectivity index (χ0v) is 18.4. The molecule has 4 aromatic rings. The third kappa shape index (κ3) is 5.19. The van der Waals surface area contributed by atoms with Gasteiger partial charge in [-0.05, 0) is 48.0 Å². The summed E-state index contributed by atoms with van der Waals surface area (Å²) in [6.45, 7) is 0.515. The van der Waals surface area contributed by atoms with Crippen LogP contribution in [0.25, 0.3) is 17.3 Å². The normalized spacial score (nSPS) is 11.0. The van der Waals surface area contributed by atoms with Crippen molar-refractivity contribution in [3.8, 4) is 23.1 Å². The van der Waals surface area contributed by atoms with Crippen LogP contribution in [0.3, 0.4) is 0 Å². The first kappa shape index (κ1) is 22.5. The number of nitrogens with one attached hydrogen (secondary N) is 1. The van der Waals surface area contributed by atoms with Crippen LogP contribution in [0.15, 0.2) is 90.6 Å². The van der Waals surface area contributed by atoms with Gasteiger partial charge in [0, 0.05) is 17.3 Å². The molecular formula is C27H21FN4O2. The van der Waals surface area contributed by atoms with Crippen LogP contribution in [0.5, 0.6) is 5.75 Å². The molecule has 0 unspecified atom stereocenters. The summed E-state index contributed by atoms with van der Waals surface area (Å²) in [4.78, 5) is 12.7. The molecule has 0 radical (unpaired) electrons. The lowest BCUT2D eigenvalue weighted by Gasteiger charge is -2.05. The maximum absolute atomic E-state index is 14.0. The average molecular weight is 452 g/mol. The van der Waals surface area contributed by atoms with Crippen LogP contribution in [0.4, 0.5) is 10.1 Å². The number of aromatic nitrogens is 2. The average Bonchev–Trinajstić information content (AvgIpc) is 3.26. The number of para-hydroxylation sites is 1. The van der Waals surface area contributed by atoms with Crippen molar-refractivity contribution in [2.24, 2.45) is 0 Å². The van der Waals surface area contributed by atoms with Gasteiger partial charge >= 0.3 is 0 Å². The highest BCUT2D eigenvalue weighted by Gasteiger charge is 2.16. The Hall–Kier alpha value is -4.70. The van der Waals surface area contributed by atoms with Crippen molar-refractivity contribution in [1.29, 1.82) is 5.26 Å². The van der Waals surface area contributed by atoms with E-state index in [4.69, 9.17) is 9.84 Å². The third-order valence-electron chi connectivity index (χ3n) is 5.13. The van der Waals surface area contributed by atoms with Crippen LogP contribution in [-0.2, 0) is 11.3 Å². The number of ether oxygens (including phenoxy) is 1. The summed E-state index contributed by atoms with van der Waals surface area (Å²) >= 11 is 0. The zero-order valence-electron chi connectivity index (χ0n) is 18.4. The van der Waals surface area contributed by atoms with E-state index in [0.29, 0.717) is 23.6 Å². The maximum atomic E-state index is 14.0. The van der Waals surface area contributed by atoms with Crippen molar-refractivity contribution in [2.45, 2.75) is 6.54 Å². The molecule has 6 nitrogen and oxygen atoms in total. The lowest BCUT2D eigenvalue weighted by Crippen LogP contribution is -2.14. The Labute approximate surface area is 196 Å². The number of anilines is 1. The highest BCUT2D eigenvalue weighted by atomic mass is 19.1. The van der Waals surface area contributed by atoms with Crippen LogP contribution < -0.4 is 10.1 Å². The topological polar surface area (TPSA) is 79.9 Å². The number of carbonyl (C=O) groups excluding carboxylic acids is 1. The first-order valence-electron chi connectivity index (χ1n) is 10.5. The van der Waals surface area contributed by atoms with Crippen LogP contribution >= 0.6 is 0 Å². The fourth-order valence-corrected chi connectivity index (χ4v) is 3.42. The van der Waals surface area contributed by atoms with E-state index in [1.807, 2.05) is 60.7 Å². The van der Waals surface area contributed by atoms with Crippen LogP contribution in [0.2, 0.25) is 0 Å². The van der Waals surface area contributed by atoms with Gasteiger partial charge < -0.3 is 10.1 Å². The van der Waals surface area contributed by atoms with E-state index in [2.05, 4.69) is 5.32 Å². The Kier molecular flexibility index (Phi) is 6.80. The van der Waals surface area contributed by atoms with E-state index in [1.165, 1.54) is 24.3 Å². The summed E-state index contributed by atoms with van der Waals surface area (Å²) in [5.74, 6) is -0.585. The van der Waals surface area contributed by atoms with Gasteiger partial charge in [-0.3, -0.25) is 9.48 Å². The second-order valence-electron chi connectivity index (χ2n) is 7.45. The number of carbonyl (C=O) groups is 1. The maximum Gasteiger partial charge on any atom is 0.266 e. The van der Waals surface area contributed by atoms with Crippen molar-refractivity contribution in [1.82, 2.24) is 9.78 Å². The van der Waals surface area contributed by atoms with Gasteiger partial charge in [0.15, 0.2) is 0 Å². The number of benzene rings is 3. The summed E-state index contributed by atoms with van der Waals surface area (Å²) in [5.41, 5.74) is 2.87. The minimum absolute atomic E-state index is 0.00352. The predicted octanol–water partition coefficient (Wildman–Crippen LogP) is 5.29. The lowest BCUT2D eigenvalue weighted by atomic mass is 10.1. The molecule has 0 spiro atoms. The van der Waals surface area contributed by atoms with Crippen LogP contribution in [-0.4, -0.2) is 22.8 Å². The molecule has 0 aliphatic carbocycles. The molecule has 0 fully saturated rings. The van der Waals surface area contributed by atoms with Gasteiger partial charge in [-0.15, -0.1) is 0 Å². The van der Waals surface area contributed by atoms with Gasteiger partial charge in [-0.1, -0.05) is 42.5 Å². The fraction of sp³-hybridized carbons (Fsp3) is 0.0741. The number of halogens is 1. The second kappa shape index (κ2) is 10.3. The molecule has 1 heterocycles. The molecule has 0 atom stereocenters. The molecule has 34 heavy (non-hydrogen) atoms. The molecule has 1 amide bonds. The van der Waals surface area contributed by atoms with Crippen molar-refractivity contribution in [3.63, 3.8) is 0 Å². The standard InChI is InChI=1S/C27H21FN4O2/c1-34-23-13-11-20(12-14-23)26-22(18-32(31-26)17-19-7-3-2-4-8-19)15-21(16-29)27(33)30-25-10-6-5-9-24(25)28/h2-15,18H,17H2,1H3,(H,30,33)/b21-15-. The number of methoxy groups -OCH3 is 1. The molecule has 0 aliphatic rings. The smallest absolute Gasteiger partial charge is 0.266 e. The minimum Gasteiger partial charge on any atom is -0.497 e. The molecular weight excluding hydrogens is 431 g/mol. The molecule has 0 aliphatic heterocycles. The van der Waals surface area contributed by atoms with Crippen molar-refractivity contribution >= 4 is 17.7 Å². The SMILES string of the molecule is COc1ccc(-c2nn(Cc3ccccc3)cc2/C=C(/C#N)C(=O)Nc2ccccc2F)cc1. The van der Waals surface area contributed by atoms with Gasteiger partial charge in [0.2, 0.25) is 0 Å². The van der Waals surface area contributed by atoms with Gasteiger partial charge in [-0.2, -0.15) is 10.4 Å². The Balaban J connectivity index is 1.71. The Bertz CT molecular complexity index is 1370. The number of rotatable bonds is 7. The molecule has 0 bridgehead atoms. The highest BCUT2D eigenvalue weighted by molar-refractivity contribution is 6.10. The summed E-state index contributed by atoms with van der Waals surface area (Å²) in [6, 6.07) is 24.9. The van der Waals surface area contributed by atoms with Crippen LogP contribution in [0, 0.1) is 17.1 Å². The predicted molar refractivity (Wildman–Crippen MR) is 128 cm³/mol. The summed E-state index contributed by atoms with van der Waals surface area (Å²) < 4.78 is 21.0. The molecule has 1 N–H and O–H groups in total. The highest BCUT2D eigenvalue weighted by Crippen LogP contribution is 2.27. The first-order chi connectivity index (χ1) is 16.6. The van der Waals surface area contributed by atoms with Crippen molar-refractivity contribution < 1.29 is 13.9 Å². The summed E-state index contributed by atoms with van der Waals surface area (Å²) in [7, 11) is 1.59. The van der Waals surface area contributed by atoms with E-state index in [0.717, 1.165) is 11.1 Å². The number of nitriles is 1. The monoisotopic (exact) mass is 452 g/mol. The fourth-order valence-electron chi connectivity index (χ4n) is 3.42. The quantitative estimate of drug-likeness (QED) is 0.305. The van der Waals surface area contributed by atoms with Crippen LogP contribution in [0.1, 0.15) is 11.1 Å². The second-order valence-corrected chi connectivity index (χ2v) is 7.45. The molecule has 1 aromatic heterocycles. The van der Waals surface area contributed by atoms with E-state index in [9.17, 15) is 14.4 Å². The van der Waals surface area contributed by atoms with E-state index in [1.54, 1.807) is 24.1 Å². The lowest BCUT2D eigenvalue weighted by molar-refractivity contribution is -0.112. The van der Waals surface area contributed by atoms with Gasteiger partial charge in [-0.25, -0.2) is 4.39 Å². The van der Waals surface area contributed by atoms with Gasteiger partial charge in [0.1, 0.15) is 23.2 Å². The van der Waals surface area contributed by atoms with E-state index < -0.39 is 11.7 Å². The van der Waals surface area contributed by atoms with Crippen molar-refractivity contribution in [2.75, 3.05) is 12.4 Å². The number of hydrogen-bond acceptors (Lipinski definition) is 4. The molecule has 7 heteroatoms. The number of hydrogen-bond donors (Lipinski definition) is 1. The third-order valence-corrected chi connectivity index (χ3v) is 5.13. The first-order valence-corrected chi connectivity index (χ1v) is 10.5. The Morgan fingerprint density at radius 2 is 1.79 bits per heavy atom. The molecule has 168 valence electrons. The molecule has 3 aromatic carbocycles. The Morgan fingerprint density at radius 1 is 1.09 bits per heavy atom. The van der Waals surface area contributed by atoms with E-state index >= 15 is 0 Å². The summed E-state index contributed by atoms with van der Waals surface area (Å²) in [6.07, 6.45) is 3.24. The zero-order chi connectivity index (χ0) is 23.9. The molecule has 0 saturated heterocycles. The van der Waals surface area contributed by atoms with Crippen molar-refractivity contribution in [3.05, 3.63) is 108 Å². The van der Waals surface area contributed by atoms with Gasteiger partial charge in [0.05, 0.1) is 25.0 Å². The summed E-state index contributed by atoms with van der Waals surface area (Å²) in [5, 5.41) is 16.8. The molecule has 0 saturated carbocycles. The number of amides is 1. The largest absolute Gasteiger partial charge is 0.497 e. The van der Waals surface area contributed by atoms with Gasteiger partial charge in [0.25, 0.3) is 5.91 Å². The Morgan fingerprint density at radius 3 is 2.47 bits per heavy atom.